The van der Waals surface area contributed by atoms with Gasteiger partial charge >= 0.3 is 0 Å². The molecule has 0 saturated heterocycles. The Balaban J connectivity index is 2.52. The van der Waals surface area contributed by atoms with Crippen molar-refractivity contribution >= 4 is 0 Å². The average molecular weight is 344 g/mol. The summed E-state index contributed by atoms with van der Waals surface area (Å²) in [5.74, 6) is -11.2. The van der Waals surface area contributed by atoms with E-state index in [0.717, 1.165) is 6.08 Å². The maximum atomic E-state index is 13.8. The highest BCUT2D eigenvalue weighted by Gasteiger charge is 2.33. The van der Waals surface area contributed by atoms with Crippen LogP contribution in [0.3, 0.4) is 0 Å². The van der Waals surface area contributed by atoms with Gasteiger partial charge in [0.05, 0.1) is 18.8 Å². The fourth-order valence-corrected chi connectivity index (χ4v) is 2.33. The second-order valence-corrected chi connectivity index (χ2v) is 4.96. The van der Waals surface area contributed by atoms with Crippen molar-refractivity contribution in [2.24, 2.45) is 0 Å². The molecule has 0 aliphatic rings. The van der Waals surface area contributed by atoms with Crippen LogP contribution >= 0.6 is 0 Å². The largest absolute Gasteiger partial charge is 0.497 e. The van der Waals surface area contributed by atoms with Crippen LogP contribution in [0.4, 0.5) is 22.0 Å². The second kappa shape index (κ2) is 7.00. The molecule has 0 fully saturated rings. The van der Waals surface area contributed by atoms with Gasteiger partial charge in [-0.3, -0.25) is 0 Å². The van der Waals surface area contributed by atoms with Gasteiger partial charge in [0.25, 0.3) is 0 Å². The summed E-state index contributed by atoms with van der Waals surface area (Å²) in [6.07, 6.45) is -0.856. The Hall–Kier alpha value is -2.41. The van der Waals surface area contributed by atoms with E-state index in [0.29, 0.717) is 11.3 Å². The zero-order chi connectivity index (χ0) is 18.0. The third kappa shape index (κ3) is 2.99. The molecule has 0 heterocycles. The number of aliphatic hydroxyl groups excluding tert-OH is 1. The number of aliphatic hydroxyl groups is 1. The standard InChI is InChI=1S/C17H13F5O2/c1-3-10(8-4-6-9(24-2)7-5-8)17(23)11-12(18)14(20)16(22)15(21)13(11)19/h3-7,10,17,23H,1H2,2H3. The zero-order valence-corrected chi connectivity index (χ0v) is 12.5. The minimum Gasteiger partial charge on any atom is -0.497 e. The molecule has 2 rings (SSSR count). The average Bonchev–Trinajstić information content (AvgIpc) is 2.59. The lowest BCUT2D eigenvalue weighted by Crippen LogP contribution is -2.16. The third-order valence-electron chi connectivity index (χ3n) is 3.63. The molecule has 1 N–H and O–H groups in total. The highest BCUT2D eigenvalue weighted by molar-refractivity contribution is 5.35. The van der Waals surface area contributed by atoms with Crippen LogP contribution in [0.1, 0.15) is 23.1 Å². The van der Waals surface area contributed by atoms with Crippen molar-refractivity contribution in [3.05, 3.63) is 77.1 Å². The molecular weight excluding hydrogens is 331 g/mol. The van der Waals surface area contributed by atoms with Crippen LogP contribution in [0.15, 0.2) is 36.9 Å². The van der Waals surface area contributed by atoms with Crippen molar-refractivity contribution in [3.63, 3.8) is 0 Å². The minimum absolute atomic E-state index is 0.363. The van der Waals surface area contributed by atoms with Gasteiger partial charge in [-0.05, 0) is 17.7 Å². The molecule has 24 heavy (non-hydrogen) atoms. The van der Waals surface area contributed by atoms with Crippen LogP contribution in [-0.2, 0) is 0 Å². The molecular formula is C17H13F5O2. The van der Waals surface area contributed by atoms with E-state index < -0.39 is 46.7 Å². The van der Waals surface area contributed by atoms with Gasteiger partial charge in [-0.2, -0.15) is 0 Å². The molecule has 128 valence electrons. The molecule has 2 aromatic carbocycles. The highest BCUT2D eigenvalue weighted by Crippen LogP contribution is 2.37. The summed E-state index contributed by atoms with van der Waals surface area (Å²) in [5, 5.41) is 10.2. The number of hydrogen-bond acceptors (Lipinski definition) is 2. The smallest absolute Gasteiger partial charge is 0.200 e. The van der Waals surface area contributed by atoms with E-state index in [1.807, 2.05) is 0 Å². The predicted octanol–water partition coefficient (Wildman–Crippen LogP) is 4.39. The molecule has 2 unspecified atom stereocenters. The molecule has 0 amide bonds. The molecule has 0 aliphatic heterocycles. The van der Waals surface area contributed by atoms with Crippen LogP contribution in [0.25, 0.3) is 0 Å². The molecule has 2 nitrogen and oxygen atoms in total. The Bertz CT molecular complexity index is 730. The first kappa shape index (κ1) is 17.9. The predicted molar refractivity (Wildman–Crippen MR) is 77.1 cm³/mol. The molecule has 0 spiro atoms. The topological polar surface area (TPSA) is 29.5 Å². The van der Waals surface area contributed by atoms with Crippen molar-refractivity contribution in [3.8, 4) is 5.75 Å². The SMILES string of the molecule is C=CC(c1ccc(OC)cc1)C(O)c1c(F)c(F)c(F)c(F)c1F. The van der Waals surface area contributed by atoms with Gasteiger partial charge < -0.3 is 9.84 Å². The Kier molecular flexibility index (Phi) is 5.23. The van der Waals surface area contributed by atoms with Crippen molar-refractivity contribution in [2.75, 3.05) is 7.11 Å². The third-order valence-corrected chi connectivity index (χ3v) is 3.63. The van der Waals surface area contributed by atoms with Gasteiger partial charge in [-0.15, -0.1) is 6.58 Å². The van der Waals surface area contributed by atoms with E-state index in [4.69, 9.17) is 4.74 Å². The molecule has 0 aromatic heterocycles. The number of benzene rings is 2. The Morgan fingerprint density at radius 3 is 1.79 bits per heavy atom. The maximum Gasteiger partial charge on any atom is 0.200 e. The fourth-order valence-electron chi connectivity index (χ4n) is 2.33. The summed E-state index contributed by atoms with van der Waals surface area (Å²) < 4.78 is 72.4. The first-order chi connectivity index (χ1) is 11.3. The van der Waals surface area contributed by atoms with E-state index in [9.17, 15) is 27.1 Å². The van der Waals surface area contributed by atoms with Crippen LogP contribution in [0, 0.1) is 29.1 Å². The molecule has 7 heteroatoms. The second-order valence-electron chi connectivity index (χ2n) is 4.96. The summed E-state index contributed by atoms with van der Waals surface area (Å²) >= 11 is 0. The normalized spacial score (nSPS) is 13.5. The molecule has 2 atom stereocenters. The zero-order valence-electron chi connectivity index (χ0n) is 12.5. The maximum absolute atomic E-state index is 13.8. The van der Waals surface area contributed by atoms with Gasteiger partial charge in [0, 0.05) is 5.92 Å². The van der Waals surface area contributed by atoms with Crippen LogP contribution < -0.4 is 4.74 Å². The summed E-state index contributed by atoms with van der Waals surface area (Å²) in [6, 6.07) is 6.02. The highest BCUT2D eigenvalue weighted by atomic mass is 19.2. The summed E-state index contributed by atoms with van der Waals surface area (Å²) in [5.41, 5.74) is -0.936. The number of methoxy groups -OCH3 is 1. The van der Waals surface area contributed by atoms with E-state index >= 15 is 0 Å². The van der Waals surface area contributed by atoms with Gasteiger partial charge in [0.2, 0.25) is 5.82 Å². The van der Waals surface area contributed by atoms with Crippen molar-refractivity contribution in [1.82, 2.24) is 0 Å². The van der Waals surface area contributed by atoms with E-state index in [2.05, 4.69) is 6.58 Å². The van der Waals surface area contributed by atoms with Crippen LogP contribution in [0.2, 0.25) is 0 Å². The van der Waals surface area contributed by atoms with E-state index in [-0.39, 0.29) is 0 Å². The Morgan fingerprint density at radius 1 is 0.917 bits per heavy atom. The minimum atomic E-state index is -2.28. The van der Waals surface area contributed by atoms with E-state index in [1.54, 1.807) is 0 Å². The van der Waals surface area contributed by atoms with Crippen molar-refractivity contribution in [1.29, 1.82) is 0 Å². The van der Waals surface area contributed by atoms with Gasteiger partial charge in [-0.1, -0.05) is 18.2 Å². The summed E-state index contributed by atoms with van der Waals surface area (Å²) in [4.78, 5) is 0. The lowest BCUT2D eigenvalue weighted by atomic mass is 9.88. The summed E-state index contributed by atoms with van der Waals surface area (Å²) in [7, 11) is 1.43. The first-order valence-corrected chi connectivity index (χ1v) is 6.79. The number of ether oxygens (including phenoxy) is 1. The van der Waals surface area contributed by atoms with E-state index in [1.165, 1.54) is 31.4 Å². The van der Waals surface area contributed by atoms with Gasteiger partial charge in [0.1, 0.15) is 5.75 Å². The fraction of sp³-hybridized carbons (Fsp3) is 0.176. The quantitative estimate of drug-likeness (QED) is 0.377. The monoisotopic (exact) mass is 344 g/mol. The molecule has 0 radical (unpaired) electrons. The molecule has 0 saturated carbocycles. The summed E-state index contributed by atoms with van der Waals surface area (Å²) in [6.45, 7) is 3.45. The van der Waals surface area contributed by atoms with Crippen molar-refractivity contribution in [2.45, 2.75) is 12.0 Å². The van der Waals surface area contributed by atoms with Gasteiger partial charge in [0.15, 0.2) is 23.3 Å². The number of hydrogen-bond donors (Lipinski definition) is 1. The van der Waals surface area contributed by atoms with Crippen LogP contribution in [0.5, 0.6) is 5.75 Å². The lowest BCUT2D eigenvalue weighted by Gasteiger charge is -2.22. The Labute approximate surface area is 134 Å². The molecule has 2 aromatic rings. The van der Waals surface area contributed by atoms with Crippen molar-refractivity contribution < 1.29 is 31.8 Å². The number of rotatable bonds is 5. The lowest BCUT2D eigenvalue weighted by molar-refractivity contribution is 0.148. The van der Waals surface area contributed by atoms with Crippen LogP contribution in [-0.4, -0.2) is 12.2 Å². The first-order valence-electron chi connectivity index (χ1n) is 6.79. The molecule has 0 bridgehead atoms. The molecule has 0 aliphatic carbocycles. The van der Waals surface area contributed by atoms with Gasteiger partial charge in [-0.25, -0.2) is 22.0 Å². The Morgan fingerprint density at radius 2 is 1.38 bits per heavy atom. The number of halogens is 5.